The Bertz CT molecular complexity index is 579. The minimum absolute atomic E-state index is 0. The van der Waals surface area contributed by atoms with Gasteiger partial charge in [0.1, 0.15) is 5.82 Å². The molecule has 0 bridgehead atoms. The predicted molar refractivity (Wildman–Crippen MR) is 67.8 cm³/mol. The number of carboxylic acids is 1. The van der Waals surface area contributed by atoms with E-state index in [1.54, 1.807) is 18.2 Å². The first kappa shape index (κ1) is 13.2. The fraction of sp³-hybridized carbons (Fsp3) is 0. The summed E-state index contributed by atoms with van der Waals surface area (Å²) in [6.45, 7) is 0. The molecule has 2 rings (SSSR count). The Balaban J connectivity index is 0.00000144. The number of fused-ring (bicyclic) bond motifs is 1. The minimum Gasteiger partial charge on any atom is -0.478 e. The maximum absolute atomic E-state index is 12.9. The Morgan fingerprint density at radius 3 is 2.47 bits per heavy atom. The summed E-state index contributed by atoms with van der Waals surface area (Å²) in [5.41, 5.74) is 0.779. The van der Waals surface area contributed by atoms with Crippen LogP contribution in [0.3, 0.4) is 0 Å². The number of rotatable bonds is 2. The molecule has 1 N–H and O–H groups in total. The molecule has 2 nitrogen and oxygen atoms in total. The monoisotopic (exact) mass is 252 g/mol. The van der Waals surface area contributed by atoms with Crippen LogP contribution in [0.15, 0.2) is 42.5 Å². The summed E-state index contributed by atoms with van der Waals surface area (Å²) in [5.74, 6) is -1.26. The largest absolute Gasteiger partial charge is 0.478 e. The van der Waals surface area contributed by atoms with E-state index in [0.29, 0.717) is 0 Å². The molecular formula is C13H10ClFO2. The van der Waals surface area contributed by atoms with E-state index in [0.717, 1.165) is 22.4 Å². The number of hydrogen-bond acceptors (Lipinski definition) is 1. The Labute approximate surface area is 104 Å². The highest BCUT2D eigenvalue weighted by Crippen LogP contribution is 2.18. The number of carboxylic acid groups (broad SMARTS) is 1. The quantitative estimate of drug-likeness (QED) is 0.831. The second-order valence-electron chi connectivity index (χ2n) is 3.42. The van der Waals surface area contributed by atoms with E-state index in [-0.39, 0.29) is 18.2 Å². The molecule has 0 aromatic heterocycles. The van der Waals surface area contributed by atoms with E-state index in [4.69, 9.17) is 5.11 Å². The van der Waals surface area contributed by atoms with Gasteiger partial charge in [-0.3, -0.25) is 0 Å². The van der Waals surface area contributed by atoms with Gasteiger partial charge in [-0.25, -0.2) is 9.18 Å². The highest BCUT2D eigenvalue weighted by atomic mass is 35.5. The SMILES string of the molecule is Cl.O=C(O)C=Cc1ccc2cc(F)ccc2c1. The smallest absolute Gasteiger partial charge is 0.328 e. The third-order valence-electron chi connectivity index (χ3n) is 2.24. The van der Waals surface area contributed by atoms with Gasteiger partial charge >= 0.3 is 5.97 Å². The molecule has 0 saturated heterocycles. The molecule has 0 spiro atoms. The summed E-state index contributed by atoms with van der Waals surface area (Å²) in [6, 6.07) is 9.82. The molecule has 0 amide bonds. The molecule has 0 saturated carbocycles. The van der Waals surface area contributed by atoms with Crippen molar-refractivity contribution in [2.45, 2.75) is 0 Å². The van der Waals surface area contributed by atoms with Gasteiger partial charge in [0, 0.05) is 6.08 Å². The summed E-state index contributed by atoms with van der Waals surface area (Å²) >= 11 is 0. The molecule has 17 heavy (non-hydrogen) atoms. The van der Waals surface area contributed by atoms with Crippen LogP contribution in [0.4, 0.5) is 4.39 Å². The summed E-state index contributed by atoms with van der Waals surface area (Å²) < 4.78 is 12.9. The molecule has 2 aromatic rings. The molecule has 4 heteroatoms. The number of carbonyl (C=O) groups is 1. The van der Waals surface area contributed by atoms with Gasteiger partial charge in [-0.2, -0.15) is 0 Å². The first-order chi connectivity index (χ1) is 7.65. The van der Waals surface area contributed by atoms with E-state index < -0.39 is 5.97 Å². The van der Waals surface area contributed by atoms with Crippen molar-refractivity contribution >= 4 is 35.2 Å². The zero-order chi connectivity index (χ0) is 11.5. The highest BCUT2D eigenvalue weighted by molar-refractivity contribution is 5.88. The van der Waals surface area contributed by atoms with Crippen LogP contribution in [0.25, 0.3) is 16.8 Å². The first-order valence-electron chi connectivity index (χ1n) is 4.75. The van der Waals surface area contributed by atoms with Gasteiger partial charge in [0.15, 0.2) is 0 Å². The van der Waals surface area contributed by atoms with Crippen LogP contribution in [0.5, 0.6) is 0 Å². The molecule has 88 valence electrons. The molecule has 0 aliphatic rings. The second kappa shape index (κ2) is 5.46. The average molecular weight is 253 g/mol. The van der Waals surface area contributed by atoms with Gasteiger partial charge in [0.2, 0.25) is 0 Å². The molecule has 0 aliphatic heterocycles. The van der Waals surface area contributed by atoms with Crippen LogP contribution in [0.1, 0.15) is 5.56 Å². The number of halogens is 2. The van der Waals surface area contributed by atoms with Gasteiger partial charge in [0.25, 0.3) is 0 Å². The molecule has 0 fully saturated rings. The van der Waals surface area contributed by atoms with Gasteiger partial charge in [0.05, 0.1) is 0 Å². The Morgan fingerprint density at radius 2 is 1.76 bits per heavy atom. The average Bonchev–Trinajstić information content (AvgIpc) is 2.26. The highest BCUT2D eigenvalue weighted by Gasteiger charge is 1.96. The summed E-state index contributed by atoms with van der Waals surface area (Å²) in [7, 11) is 0. The number of aliphatic carboxylic acids is 1. The van der Waals surface area contributed by atoms with Crippen molar-refractivity contribution in [1.29, 1.82) is 0 Å². The zero-order valence-electron chi connectivity index (χ0n) is 8.76. The van der Waals surface area contributed by atoms with Crippen LogP contribution in [-0.2, 0) is 4.79 Å². The molecule has 0 unspecified atom stereocenters. The Hall–Kier alpha value is -1.87. The van der Waals surface area contributed by atoms with E-state index in [1.807, 2.05) is 6.07 Å². The maximum atomic E-state index is 12.9. The molecule has 0 radical (unpaired) electrons. The van der Waals surface area contributed by atoms with Crippen molar-refractivity contribution in [2.75, 3.05) is 0 Å². The van der Waals surface area contributed by atoms with E-state index >= 15 is 0 Å². The van der Waals surface area contributed by atoms with E-state index in [1.165, 1.54) is 18.2 Å². The van der Waals surface area contributed by atoms with Crippen molar-refractivity contribution in [3.8, 4) is 0 Å². The zero-order valence-corrected chi connectivity index (χ0v) is 9.58. The molecule has 0 aliphatic carbocycles. The Morgan fingerprint density at radius 1 is 1.12 bits per heavy atom. The van der Waals surface area contributed by atoms with Crippen molar-refractivity contribution < 1.29 is 14.3 Å². The van der Waals surface area contributed by atoms with Crippen LogP contribution in [0, 0.1) is 5.82 Å². The third kappa shape index (κ3) is 3.29. The standard InChI is InChI=1S/C13H9FO2.ClH/c14-12-5-4-10-7-9(2-6-13(15)16)1-3-11(10)8-12;/h1-8H,(H,15,16);1H. The minimum atomic E-state index is -0.987. The number of benzene rings is 2. The predicted octanol–water partition coefficient (Wildman–Crippen LogP) is 3.50. The second-order valence-corrected chi connectivity index (χ2v) is 3.42. The fourth-order valence-electron chi connectivity index (χ4n) is 1.51. The van der Waals surface area contributed by atoms with E-state index in [9.17, 15) is 9.18 Å². The Kier molecular flexibility index (Phi) is 4.24. The van der Waals surface area contributed by atoms with Gasteiger partial charge in [-0.05, 0) is 40.6 Å². The van der Waals surface area contributed by atoms with Gasteiger partial charge in [-0.15, -0.1) is 12.4 Å². The molecule has 2 aromatic carbocycles. The third-order valence-corrected chi connectivity index (χ3v) is 2.24. The first-order valence-corrected chi connectivity index (χ1v) is 4.75. The van der Waals surface area contributed by atoms with Crippen molar-refractivity contribution in [2.24, 2.45) is 0 Å². The molecule has 0 heterocycles. The molecular weight excluding hydrogens is 243 g/mol. The lowest BCUT2D eigenvalue weighted by molar-refractivity contribution is -0.131. The normalized spacial score (nSPS) is 10.4. The number of hydrogen-bond donors (Lipinski definition) is 1. The summed E-state index contributed by atoms with van der Waals surface area (Å²) in [5, 5.41) is 10.2. The van der Waals surface area contributed by atoms with E-state index in [2.05, 4.69) is 0 Å². The van der Waals surface area contributed by atoms with Crippen LogP contribution in [-0.4, -0.2) is 11.1 Å². The maximum Gasteiger partial charge on any atom is 0.328 e. The lowest BCUT2D eigenvalue weighted by atomic mass is 10.1. The molecule has 0 atom stereocenters. The van der Waals surface area contributed by atoms with Crippen molar-refractivity contribution in [1.82, 2.24) is 0 Å². The fourth-order valence-corrected chi connectivity index (χ4v) is 1.51. The van der Waals surface area contributed by atoms with Gasteiger partial charge in [-0.1, -0.05) is 18.2 Å². The van der Waals surface area contributed by atoms with Crippen LogP contribution in [0.2, 0.25) is 0 Å². The van der Waals surface area contributed by atoms with Crippen LogP contribution >= 0.6 is 12.4 Å². The van der Waals surface area contributed by atoms with Crippen molar-refractivity contribution in [3.63, 3.8) is 0 Å². The lowest BCUT2D eigenvalue weighted by Crippen LogP contribution is -1.85. The van der Waals surface area contributed by atoms with Gasteiger partial charge < -0.3 is 5.11 Å². The van der Waals surface area contributed by atoms with Crippen LogP contribution < -0.4 is 0 Å². The topological polar surface area (TPSA) is 37.3 Å². The van der Waals surface area contributed by atoms with Crippen molar-refractivity contribution in [3.05, 3.63) is 53.9 Å². The summed E-state index contributed by atoms with van der Waals surface area (Å²) in [4.78, 5) is 10.3. The summed E-state index contributed by atoms with van der Waals surface area (Å²) in [6.07, 6.45) is 2.58. The lowest BCUT2D eigenvalue weighted by Gasteiger charge is -1.99.